The summed E-state index contributed by atoms with van der Waals surface area (Å²) in [6.45, 7) is 5.76. The molecule has 158 valence electrons. The van der Waals surface area contributed by atoms with E-state index in [1.165, 1.54) is 6.20 Å². The molecular weight excluding hydrogens is 394 g/mol. The molecule has 2 amide bonds. The van der Waals surface area contributed by atoms with Crippen LogP contribution in [0, 0.1) is 12.3 Å². The molecule has 2 N–H and O–H groups in total. The highest BCUT2D eigenvalue weighted by atomic mass is 16.4. The molecule has 0 saturated carbocycles. The Morgan fingerprint density at radius 3 is 2.42 bits per heavy atom. The monoisotopic (exact) mass is 417 g/mol. The van der Waals surface area contributed by atoms with Crippen molar-refractivity contribution < 1.29 is 18.8 Å². The van der Waals surface area contributed by atoms with E-state index in [0.717, 1.165) is 0 Å². The van der Waals surface area contributed by atoms with Crippen molar-refractivity contribution in [2.45, 2.75) is 33.6 Å². The Kier molecular flexibility index (Phi) is 5.19. The molecule has 7 nitrogen and oxygen atoms in total. The molecule has 0 unspecified atom stereocenters. The maximum absolute atomic E-state index is 12.9. The lowest BCUT2D eigenvalue weighted by atomic mass is 9.76. The molecule has 1 aliphatic carbocycles. The number of nitrogens with zero attached hydrogens (tertiary/aromatic N) is 1. The van der Waals surface area contributed by atoms with Gasteiger partial charge in [0.2, 0.25) is 0 Å². The van der Waals surface area contributed by atoms with Gasteiger partial charge in [-0.1, -0.05) is 19.9 Å². The number of fused-ring (bicyclic) bond motifs is 1. The van der Waals surface area contributed by atoms with Gasteiger partial charge >= 0.3 is 0 Å². The third-order valence-electron chi connectivity index (χ3n) is 5.29. The highest BCUT2D eigenvalue weighted by Crippen LogP contribution is 2.38. The molecule has 31 heavy (non-hydrogen) atoms. The van der Waals surface area contributed by atoms with Crippen molar-refractivity contribution >= 4 is 29.0 Å². The molecule has 7 heteroatoms. The second-order valence-electron chi connectivity index (χ2n) is 8.53. The smallest absolute Gasteiger partial charge is 0.291 e. The fourth-order valence-electron chi connectivity index (χ4n) is 3.86. The molecule has 3 aromatic rings. The van der Waals surface area contributed by atoms with Crippen molar-refractivity contribution in [2.24, 2.45) is 5.41 Å². The van der Waals surface area contributed by atoms with E-state index >= 15 is 0 Å². The zero-order valence-corrected chi connectivity index (χ0v) is 17.6. The molecular formula is C24H23N3O4. The topological polar surface area (TPSA) is 101 Å². The van der Waals surface area contributed by atoms with Gasteiger partial charge in [-0.3, -0.25) is 19.4 Å². The zero-order valence-electron chi connectivity index (χ0n) is 17.6. The first kappa shape index (κ1) is 20.5. The van der Waals surface area contributed by atoms with E-state index in [9.17, 15) is 14.4 Å². The molecule has 1 aromatic carbocycles. The van der Waals surface area contributed by atoms with Crippen molar-refractivity contribution in [2.75, 3.05) is 10.6 Å². The van der Waals surface area contributed by atoms with E-state index < -0.39 is 5.91 Å². The van der Waals surface area contributed by atoms with Crippen molar-refractivity contribution in [1.29, 1.82) is 0 Å². The van der Waals surface area contributed by atoms with Crippen LogP contribution >= 0.6 is 0 Å². The van der Waals surface area contributed by atoms with Crippen molar-refractivity contribution in [3.05, 3.63) is 77.0 Å². The maximum Gasteiger partial charge on any atom is 0.291 e. The Morgan fingerprint density at radius 1 is 1.03 bits per heavy atom. The fraction of sp³-hybridized carbons (Fsp3) is 0.250. The van der Waals surface area contributed by atoms with E-state index in [2.05, 4.69) is 15.6 Å². The van der Waals surface area contributed by atoms with Crippen LogP contribution in [0.1, 0.15) is 62.9 Å². The number of pyridine rings is 1. The lowest BCUT2D eigenvalue weighted by molar-refractivity contribution is 0.0898. The number of amides is 2. The Labute approximate surface area is 179 Å². The molecule has 1 aliphatic rings. The predicted octanol–water partition coefficient (Wildman–Crippen LogP) is 4.64. The van der Waals surface area contributed by atoms with Crippen LogP contribution < -0.4 is 10.6 Å². The van der Waals surface area contributed by atoms with Crippen molar-refractivity contribution in [1.82, 2.24) is 4.98 Å². The lowest BCUT2D eigenvalue weighted by Gasteiger charge is -2.27. The Hall–Kier alpha value is -3.74. The number of hydrogen-bond donors (Lipinski definition) is 2. The van der Waals surface area contributed by atoms with Crippen LogP contribution in [-0.4, -0.2) is 22.6 Å². The summed E-state index contributed by atoms with van der Waals surface area (Å²) in [7, 11) is 0. The number of anilines is 2. The summed E-state index contributed by atoms with van der Waals surface area (Å²) >= 11 is 0. The number of Topliss-reactive ketones (excluding diaryl/α,β-unsaturated/α-hetero) is 1. The maximum atomic E-state index is 12.9. The molecule has 2 heterocycles. The van der Waals surface area contributed by atoms with E-state index in [0.29, 0.717) is 46.7 Å². The van der Waals surface area contributed by atoms with Gasteiger partial charge in [0.1, 0.15) is 5.76 Å². The summed E-state index contributed by atoms with van der Waals surface area (Å²) in [6, 6.07) is 10.2. The first-order valence-electron chi connectivity index (χ1n) is 10.0. The van der Waals surface area contributed by atoms with Crippen LogP contribution in [0.2, 0.25) is 0 Å². The summed E-state index contributed by atoms with van der Waals surface area (Å²) in [5.74, 6) is -0.0191. The van der Waals surface area contributed by atoms with Gasteiger partial charge in [0, 0.05) is 42.2 Å². The molecule has 2 aromatic heterocycles. The number of rotatable bonds is 4. The first-order valence-corrected chi connectivity index (χ1v) is 10.0. The summed E-state index contributed by atoms with van der Waals surface area (Å²) in [5.41, 5.74) is 2.36. The van der Waals surface area contributed by atoms with Crippen LogP contribution in [0.3, 0.4) is 0 Å². The minimum atomic E-state index is -0.437. The molecule has 0 spiro atoms. The summed E-state index contributed by atoms with van der Waals surface area (Å²) in [4.78, 5) is 41.7. The third-order valence-corrected chi connectivity index (χ3v) is 5.29. The number of carbonyl (C=O) groups is 3. The molecule has 0 radical (unpaired) electrons. The second-order valence-corrected chi connectivity index (χ2v) is 8.53. The highest BCUT2D eigenvalue weighted by Gasteiger charge is 2.37. The average molecular weight is 417 g/mol. The normalized spacial score (nSPS) is 14.6. The summed E-state index contributed by atoms with van der Waals surface area (Å²) < 4.78 is 5.82. The number of furan rings is 1. The largest absolute Gasteiger partial charge is 0.455 e. The minimum Gasteiger partial charge on any atom is -0.455 e. The second kappa shape index (κ2) is 7.83. The van der Waals surface area contributed by atoms with E-state index in [-0.39, 0.29) is 22.9 Å². The number of nitrogens with one attached hydrogen (secondary N) is 2. The van der Waals surface area contributed by atoms with Gasteiger partial charge in [0.25, 0.3) is 11.8 Å². The summed E-state index contributed by atoms with van der Waals surface area (Å²) in [5, 5.41) is 5.57. The van der Waals surface area contributed by atoms with Crippen molar-refractivity contribution in [3.63, 3.8) is 0 Å². The van der Waals surface area contributed by atoms with Gasteiger partial charge in [-0.05, 0) is 42.7 Å². The van der Waals surface area contributed by atoms with Gasteiger partial charge in [-0.15, -0.1) is 0 Å². The summed E-state index contributed by atoms with van der Waals surface area (Å²) in [6.07, 6.45) is 4.11. The minimum absolute atomic E-state index is 0.00617. The third kappa shape index (κ3) is 4.26. The van der Waals surface area contributed by atoms with Crippen LogP contribution in [0.5, 0.6) is 0 Å². The highest BCUT2D eigenvalue weighted by molar-refractivity contribution is 6.08. The average Bonchev–Trinajstić information content (AvgIpc) is 3.04. The van der Waals surface area contributed by atoms with E-state index in [1.54, 1.807) is 49.5 Å². The Balaban J connectivity index is 1.52. The van der Waals surface area contributed by atoms with E-state index in [4.69, 9.17) is 4.42 Å². The van der Waals surface area contributed by atoms with Crippen molar-refractivity contribution in [3.8, 4) is 0 Å². The fourth-order valence-corrected chi connectivity index (χ4v) is 3.86. The Morgan fingerprint density at radius 2 is 1.74 bits per heavy atom. The number of hydrogen-bond acceptors (Lipinski definition) is 5. The number of benzene rings is 1. The van der Waals surface area contributed by atoms with Crippen LogP contribution in [0.15, 0.2) is 53.2 Å². The standard InChI is InChI=1S/C24H23N3O4/c1-14-20-18(28)11-24(2,3)12-19(20)31-21(14)23(30)27-17-8-4-7-16(10-17)26-22(29)15-6-5-9-25-13-15/h4-10,13H,11-12H2,1-3H3,(H,26,29)(H,27,30). The predicted molar refractivity (Wildman–Crippen MR) is 116 cm³/mol. The molecule has 0 atom stereocenters. The van der Waals surface area contributed by atoms with Crippen LogP contribution in [0.25, 0.3) is 0 Å². The van der Waals surface area contributed by atoms with Crippen LogP contribution in [-0.2, 0) is 6.42 Å². The molecule has 4 rings (SSSR count). The Bertz CT molecular complexity index is 1180. The number of ketones is 1. The first-order chi connectivity index (χ1) is 14.7. The van der Waals surface area contributed by atoms with Crippen LogP contribution in [0.4, 0.5) is 11.4 Å². The van der Waals surface area contributed by atoms with Gasteiger partial charge < -0.3 is 15.1 Å². The molecule has 0 aliphatic heterocycles. The molecule has 0 bridgehead atoms. The van der Waals surface area contributed by atoms with Gasteiger partial charge in [0.05, 0.1) is 11.1 Å². The quantitative estimate of drug-likeness (QED) is 0.644. The van der Waals surface area contributed by atoms with Gasteiger partial charge in [0.15, 0.2) is 11.5 Å². The number of aromatic nitrogens is 1. The van der Waals surface area contributed by atoms with E-state index in [1.807, 2.05) is 13.8 Å². The van der Waals surface area contributed by atoms with Gasteiger partial charge in [-0.25, -0.2) is 0 Å². The zero-order chi connectivity index (χ0) is 22.2. The van der Waals surface area contributed by atoms with Gasteiger partial charge in [-0.2, -0.15) is 0 Å². The molecule has 0 saturated heterocycles. The molecule has 0 fully saturated rings. The lowest BCUT2D eigenvalue weighted by Crippen LogP contribution is -2.26. The number of carbonyl (C=O) groups excluding carboxylic acids is 3. The SMILES string of the molecule is Cc1c(C(=O)Nc2cccc(NC(=O)c3cccnc3)c2)oc2c1C(=O)CC(C)(C)C2.